The van der Waals surface area contributed by atoms with Crippen LogP contribution in [0, 0.1) is 0 Å². The molecule has 4 nitrogen and oxygen atoms in total. The van der Waals surface area contributed by atoms with Crippen LogP contribution in [0.3, 0.4) is 0 Å². The van der Waals surface area contributed by atoms with Crippen molar-refractivity contribution in [3.05, 3.63) is 77.1 Å². The average Bonchev–Trinajstić information content (AvgIpc) is 2.85. The molecule has 2 aromatic rings. The number of rotatable bonds is 5. The summed E-state index contributed by atoms with van der Waals surface area (Å²) in [4.78, 5) is 25.3. The van der Waals surface area contributed by atoms with Crippen molar-refractivity contribution in [2.75, 3.05) is 13.7 Å². The Morgan fingerprint density at radius 2 is 1.75 bits per heavy atom. The highest BCUT2D eigenvalue weighted by molar-refractivity contribution is 6.21. The van der Waals surface area contributed by atoms with Gasteiger partial charge < -0.3 is 4.74 Å². The van der Waals surface area contributed by atoms with Crippen LogP contribution in [0.2, 0.25) is 0 Å². The Bertz CT molecular complexity index is 794. The smallest absolute Gasteiger partial charge is 0.261 e. The lowest BCUT2D eigenvalue weighted by atomic mass is 10.1. The van der Waals surface area contributed by atoms with Crippen molar-refractivity contribution < 1.29 is 18.7 Å². The number of hydrogen-bond acceptors (Lipinski definition) is 3. The maximum atomic E-state index is 14.2. The Morgan fingerprint density at radius 1 is 1.08 bits per heavy atom. The Hall–Kier alpha value is -2.95. The molecule has 0 unspecified atom stereocenters. The molecule has 0 saturated carbocycles. The molecule has 3 rings (SSSR count). The molecule has 0 N–H and O–H groups in total. The zero-order valence-electron chi connectivity index (χ0n) is 13.2. The zero-order valence-corrected chi connectivity index (χ0v) is 13.2. The first-order valence-corrected chi connectivity index (χ1v) is 7.53. The van der Waals surface area contributed by atoms with Crippen LogP contribution in [0.4, 0.5) is 4.39 Å². The minimum atomic E-state index is -0.521. The molecule has 1 aliphatic heterocycles. The van der Waals surface area contributed by atoms with E-state index in [4.69, 9.17) is 4.74 Å². The van der Waals surface area contributed by atoms with Crippen molar-refractivity contribution in [2.24, 2.45) is 0 Å². The van der Waals surface area contributed by atoms with Crippen LogP contribution >= 0.6 is 0 Å². The summed E-state index contributed by atoms with van der Waals surface area (Å²) in [5, 5.41) is 0. The summed E-state index contributed by atoms with van der Waals surface area (Å²) in [7, 11) is 1.57. The number of amides is 2. The van der Waals surface area contributed by atoms with Crippen molar-refractivity contribution in [1.82, 2.24) is 4.90 Å². The van der Waals surface area contributed by atoms with Crippen LogP contribution in [-0.4, -0.2) is 30.4 Å². The van der Waals surface area contributed by atoms with Gasteiger partial charge in [-0.3, -0.25) is 14.5 Å². The molecular formula is C19H16FNO3. The molecule has 122 valence electrons. The summed E-state index contributed by atoms with van der Waals surface area (Å²) in [6, 6.07) is 13.8. The lowest BCUT2D eigenvalue weighted by molar-refractivity contribution is 0.0660. The Labute approximate surface area is 139 Å². The van der Waals surface area contributed by atoms with Gasteiger partial charge >= 0.3 is 0 Å². The molecule has 2 aromatic carbocycles. The first kappa shape index (κ1) is 15.9. The number of imide groups is 1. The van der Waals surface area contributed by atoms with E-state index in [0.29, 0.717) is 23.3 Å². The van der Waals surface area contributed by atoms with Crippen LogP contribution in [0.5, 0.6) is 5.75 Å². The first-order chi connectivity index (χ1) is 11.6. The van der Waals surface area contributed by atoms with Gasteiger partial charge in [0.25, 0.3) is 11.8 Å². The predicted molar refractivity (Wildman–Crippen MR) is 87.7 cm³/mol. The van der Waals surface area contributed by atoms with Gasteiger partial charge in [-0.25, -0.2) is 4.39 Å². The van der Waals surface area contributed by atoms with E-state index in [9.17, 15) is 14.0 Å². The third-order valence-electron chi connectivity index (χ3n) is 3.88. The lowest BCUT2D eigenvalue weighted by Crippen LogP contribution is -2.31. The summed E-state index contributed by atoms with van der Waals surface area (Å²) in [6.45, 7) is -0.351. The quantitative estimate of drug-likeness (QED) is 0.792. The van der Waals surface area contributed by atoms with E-state index in [1.165, 1.54) is 6.08 Å². The molecule has 0 saturated heterocycles. The Morgan fingerprint density at radius 3 is 2.38 bits per heavy atom. The van der Waals surface area contributed by atoms with Crippen LogP contribution in [0.15, 0.2) is 60.4 Å². The maximum absolute atomic E-state index is 14.2. The molecule has 0 spiro atoms. The number of nitrogens with zero attached hydrogens (tertiary/aromatic N) is 1. The normalized spacial score (nSPS) is 14.1. The minimum absolute atomic E-state index is 0.322. The highest BCUT2D eigenvalue weighted by atomic mass is 19.1. The summed E-state index contributed by atoms with van der Waals surface area (Å²) in [5.74, 6) is -0.741. The Balaban J connectivity index is 1.70. The van der Waals surface area contributed by atoms with Crippen molar-refractivity contribution in [3.8, 4) is 5.75 Å². The van der Waals surface area contributed by atoms with E-state index >= 15 is 0 Å². The van der Waals surface area contributed by atoms with E-state index in [2.05, 4.69) is 0 Å². The predicted octanol–water partition coefficient (Wildman–Crippen LogP) is 3.39. The highest BCUT2D eigenvalue weighted by Gasteiger charge is 2.35. The Kier molecular flexibility index (Phi) is 4.42. The molecule has 24 heavy (non-hydrogen) atoms. The van der Waals surface area contributed by atoms with E-state index in [0.717, 1.165) is 10.5 Å². The number of carbonyl (C=O) groups excluding carboxylic acids is 2. The fraction of sp³-hybridized carbons (Fsp3) is 0.158. The van der Waals surface area contributed by atoms with Gasteiger partial charge in [-0.15, -0.1) is 0 Å². The molecule has 5 heteroatoms. The third-order valence-corrected chi connectivity index (χ3v) is 3.88. The molecular weight excluding hydrogens is 309 g/mol. The van der Waals surface area contributed by atoms with E-state index in [1.807, 2.05) is 24.3 Å². The topological polar surface area (TPSA) is 46.6 Å². The van der Waals surface area contributed by atoms with Gasteiger partial charge in [0.15, 0.2) is 0 Å². The number of halogens is 1. The standard InChI is InChI=1S/C19H16FNO3/c1-24-15-6-4-5-13(11-15)9-10-14(20)12-21-18(22)16-7-2-3-8-17(16)19(21)23/h2-8,10-11H,9,12H2,1H3/b14-10+. The monoisotopic (exact) mass is 325 g/mol. The molecule has 0 bridgehead atoms. The number of carbonyl (C=O) groups is 2. The van der Waals surface area contributed by atoms with Gasteiger partial charge in [-0.1, -0.05) is 24.3 Å². The van der Waals surface area contributed by atoms with Gasteiger partial charge in [0, 0.05) is 0 Å². The minimum Gasteiger partial charge on any atom is -0.497 e. The third kappa shape index (κ3) is 3.06. The largest absolute Gasteiger partial charge is 0.497 e. The second kappa shape index (κ2) is 6.66. The molecule has 0 radical (unpaired) electrons. The van der Waals surface area contributed by atoms with Crippen LogP contribution in [0.25, 0.3) is 0 Å². The van der Waals surface area contributed by atoms with Crippen LogP contribution in [0.1, 0.15) is 26.3 Å². The molecule has 0 atom stereocenters. The maximum Gasteiger partial charge on any atom is 0.261 e. The van der Waals surface area contributed by atoms with Gasteiger partial charge in [-0.2, -0.15) is 0 Å². The molecule has 1 heterocycles. The molecule has 1 aliphatic rings. The van der Waals surface area contributed by atoms with Crippen molar-refractivity contribution in [1.29, 1.82) is 0 Å². The molecule has 2 amide bonds. The number of benzene rings is 2. The van der Waals surface area contributed by atoms with Gasteiger partial charge in [0.2, 0.25) is 0 Å². The van der Waals surface area contributed by atoms with Gasteiger partial charge in [-0.05, 0) is 42.3 Å². The highest BCUT2D eigenvalue weighted by Crippen LogP contribution is 2.23. The van der Waals surface area contributed by atoms with Crippen LogP contribution < -0.4 is 4.74 Å². The first-order valence-electron chi connectivity index (χ1n) is 7.53. The van der Waals surface area contributed by atoms with E-state index in [-0.39, 0.29) is 6.54 Å². The van der Waals surface area contributed by atoms with Crippen molar-refractivity contribution in [3.63, 3.8) is 0 Å². The lowest BCUT2D eigenvalue weighted by Gasteiger charge is -2.12. The number of fused-ring (bicyclic) bond motifs is 1. The van der Waals surface area contributed by atoms with Crippen LogP contribution in [-0.2, 0) is 6.42 Å². The number of allylic oxidation sites excluding steroid dienone is 1. The van der Waals surface area contributed by atoms with Gasteiger partial charge in [0.1, 0.15) is 11.6 Å². The van der Waals surface area contributed by atoms with Gasteiger partial charge in [0.05, 0.1) is 24.8 Å². The summed E-state index contributed by atoms with van der Waals surface area (Å²) < 4.78 is 19.3. The van der Waals surface area contributed by atoms with Crippen molar-refractivity contribution in [2.45, 2.75) is 6.42 Å². The average molecular weight is 325 g/mol. The fourth-order valence-corrected chi connectivity index (χ4v) is 2.63. The SMILES string of the molecule is COc1cccc(C/C=C(/F)CN2C(=O)c3ccccc3C2=O)c1. The second-order valence-electron chi connectivity index (χ2n) is 5.45. The van der Waals surface area contributed by atoms with Crippen molar-refractivity contribution >= 4 is 11.8 Å². The molecule has 0 fully saturated rings. The molecule has 0 aliphatic carbocycles. The van der Waals surface area contributed by atoms with E-state index in [1.54, 1.807) is 31.4 Å². The summed E-state index contributed by atoms with van der Waals surface area (Å²) in [5.41, 5.74) is 1.53. The summed E-state index contributed by atoms with van der Waals surface area (Å²) in [6.07, 6.45) is 1.73. The fourth-order valence-electron chi connectivity index (χ4n) is 2.63. The second-order valence-corrected chi connectivity index (χ2v) is 5.45. The number of methoxy groups -OCH3 is 1. The van der Waals surface area contributed by atoms with E-state index < -0.39 is 17.6 Å². The number of hydrogen-bond donors (Lipinski definition) is 0. The number of ether oxygens (including phenoxy) is 1. The summed E-state index contributed by atoms with van der Waals surface area (Å²) >= 11 is 0. The molecule has 0 aromatic heterocycles. The zero-order chi connectivity index (χ0) is 17.1.